The fourth-order valence-electron chi connectivity index (χ4n) is 3.50. The highest BCUT2D eigenvalue weighted by Crippen LogP contribution is 2.26. The molecule has 0 aliphatic carbocycles. The molecule has 1 fully saturated rings. The molecule has 8 heteroatoms. The maximum Gasteiger partial charge on any atom is 0.248 e. The van der Waals surface area contributed by atoms with Crippen LogP contribution in [0, 0.1) is 5.82 Å². The molecule has 0 radical (unpaired) electrons. The van der Waals surface area contributed by atoms with E-state index in [4.69, 9.17) is 4.42 Å². The van der Waals surface area contributed by atoms with E-state index < -0.39 is 6.04 Å². The number of benzene rings is 1. The van der Waals surface area contributed by atoms with Crippen LogP contribution in [-0.4, -0.2) is 34.3 Å². The monoisotopic (exact) mass is 413 g/mol. The number of halogens is 1. The second kappa shape index (κ2) is 8.57. The molecule has 1 unspecified atom stereocenters. The van der Waals surface area contributed by atoms with Crippen molar-refractivity contribution in [2.24, 2.45) is 0 Å². The van der Waals surface area contributed by atoms with Gasteiger partial charge < -0.3 is 14.6 Å². The molecule has 0 saturated carbocycles. The Morgan fingerprint density at radius 3 is 2.93 bits per heavy atom. The molecule has 150 valence electrons. The number of carbonyl (C=O) groups excluding carboxylic acids is 2. The average molecular weight is 413 g/mol. The number of amides is 2. The lowest BCUT2D eigenvalue weighted by Crippen LogP contribution is -2.43. The van der Waals surface area contributed by atoms with E-state index in [1.54, 1.807) is 46.8 Å². The third-order valence-electron chi connectivity index (χ3n) is 4.92. The molecule has 1 aliphatic rings. The minimum atomic E-state index is -0.475. The third kappa shape index (κ3) is 4.37. The first kappa shape index (κ1) is 19.3. The molecule has 4 rings (SSSR count). The zero-order valence-electron chi connectivity index (χ0n) is 15.6. The van der Waals surface area contributed by atoms with Crippen LogP contribution in [-0.2, 0) is 16.0 Å². The van der Waals surface area contributed by atoms with Crippen molar-refractivity contribution >= 4 is 28.3 Å². The van der Waals surface area contributed by atoms with E-state index >= 15 is 0 Å². The van der Waals surface area contributed by atoms with Crippen LogP contribution in [0.5, 0.6) is 0 Å². The van der Waals surface area contributed by atoms with Gasteiger partial charge in [0, 0.05) is 31.0 Å². The third-order valence-corrected chi connectivity index (χ3v) is 5.61. The van der Waals surface area contributed by atoms with Gasteiger partial charge in [-0.1, -0.05) is 12.1 Å². The molecule has 0 bridgehead atoms. The SMILES string of the molecule is O=C(Nc1nccs1)C1CCCN1C(=O)CCc1ccc(-c2ccccc2F)o1. The summed E-state index contributed by atoms with van der Waals surface area (Å²) in [6.07, 6.45) is 3.67. The second-order valence-electron chi connectivity index (χ2n) is 6.82. The largest absolute Gasteiger partial charge is 0.461 e. The highest BCUT2D eigenvalue weighted by molar-refractivity contribution is 7.13. The number of aromatic nitrogens is 1. The second-order valence-corrected chi connectivity index (χ2v) is 7.71. The number of anilines is 1. The van der Waals surface area contributed by atoms with Crippen LogP contribution in [0.2, 0.25) is 0 Å². The lowest BCUT2D eigenvalue weighted by Gasteiger charge is -2.23. The molecule has 1 aromatic carbocycles. The van der Waals surface area contributed by atoms with Crippen molar-refractivity contribution < 1.29 is 18.4 Å². The molecular weight excluding hydrogens is 393 g/mol. The summed E-state index contributed by atoms with van der Waals surface area (Å²) in [4.78, 5) is 30.9. The Morgan fingerprint density at radius 2 is 2.14 bits per heavy atom. The predicted molar refractivity (Wildman–Crippen MR) is 108 cm³/mol. The number of hydrogen-bond donors (Lipinski definition) is 1. The van der Waals surface area contributed by atoms with Crippen molar-refractivity contribution in [1.29, 1.82) is 0 Å². The first-order valence-electron chi connectivity index (χ1n) is 9.45. The van der Waals surface area contributed by atoms with Gasteiger partial charge in [-0.25, -0.2) is 9.37 Å². The zero-order chi connectivity index (χ0) is 20.2. The summed E-state index contributed by atoms with van der Waals surface area (Å²) in [6.45, 7) is 0.563. The van der Waals surface area contributed by atoms with E-state index in [0.29, 0.717) is 41.6 Å². The standard InChI is InChI=1S/C21H20FN3O3S/c22-16-5-2-1-4-15(16)18-9-7-14(28-18)8-10-19(26)25-12-3-6-17(25)20(27)24-21-23-11-13-29-21/h1-2,4-5,7,9,11,13,17H,3,6,8,10,12H2,(H,23,24,27). The molecule has 1 saturated heterocycles. The summed E-state index contributed by atoms with van der Waals surface area (Å²) >= 11 is 1.34. The Balaban J connectivity index is 1.36. The van der Waals surface area contributed by atoms with Crippen LogP contribution in [0.15, 0.2) is 52.4 Å². The lowest BCUT2D eigenvalue weighted by atomic mass is 10.1. The highest BCUT2D eigenvalue weighted by atomic mass is 32.1. The van der Waals surface area contributed by atoms with Gasteiger partial charge in [0.2, 0.25) is 11.8 Å². The van der Waals surface area contributed by atoms with Crippen LogP contribution >= 0.6 is 11.3 Å². The first-order valence-corrected chi connectivity index (χ1v) is 10.3. The smallest absolute Gasteiger partial charge is 0.248 e. The molecule has 3 heterocycles. The summed E-state index contributed by atoms with van der Waals surface area (Å²) in [5, 5.41) is 5.09. The lowest BCUT2D eigenvalue weighted by molar-refractivity contribution is -0.136. The van der Waals surface area contributed by atoms with Crippen molar-refractivity contribution in [2.45, 2.75) is 31.7 Å². The van der Waals surface area contributed by atoms with E-state index in [1.165, 1.54) is 17.4 Å². The van der Waals surface area contributed by atoms with Crippen LogP contribution in [0.1, 0.15) is 25.0 Å². The molecule has 0 spiro atoms. The highest BCUT2D eigenvalue weighted by Gasteiger charge is 2.34. The average Bonchev–Trinajstić information content (AvgIpc) is 3.47. The Kier molecular flexibility index (Phi) is 5.71. The molecule has 2 amide bonds. The van der Waals surface area contributed by atoms with Gasteiger partial charge in [0.25, 0.3) is 0 Å². The number of thiazole rings is 1. The van der Waals surface area contributed by atoms with Crippen LogP contribution in [0.25, 0.3) is 11.3 Å². The number of furan rings is 1. The van der Waals surface area contributed by atoms with E-state index in [9.17, 15) is 14.0 Å². The van der Waals surface area contributed by atoms with Crippen LogP contribution in [0.4, 0.5) is 9.52 Å². The Morgan fingerprint density at radius 1 is 1.28 bits per heavy atom. The van der Waals surface area contributed by atoms with Gasteiger partial charge in [0.15, 0.2) is 5.13 Å². The zero-order valence-corrected chi connectivity index (χ0v) is 16.5. The summed E-state index contributed by atoms with van der Waals surface area (Å²) in [5.74, 6) is 0.402. The van der Waals surface area contributed by atoms with Crippen LogP contribution < -0.4 is 5.32 Å². The van der Waals surface area contributed by atoms with Crippen molar-refractivity contribution in [3.05, 3.63) is 59.6 Å². The van der Waals surface area contributed by atoms with Gasteiger partial charge in [0.1, 0.15) is 23.4 Å². The predicted octanol–water partition coefficient (Wildman–Crippen LogP) is 4.10. The molecule has 1 atom stereocenters. The van der Waals surface area contributed by atoms with Gasteiger partial charge in [-0.15, -0.1) is 11.3 Å². The van der Waals surface area contributed by atoms with E-state index in [0.717, 1.165) is 6.42 Å². The summed E-state index contributed by atoms with van der Waals surface area (Å²) in [7, 11) is 0. The van der Waals surface area contributed by atoms with Crippen molar-refractivity contribution in [3.63, 3.8) is 0 Å². The normalized spacial score (nSPS) is 16.2. The Bertz CT molecular complexity index is 1000. The Labute approximate surface area is 171 Å². The quantitative estimate of drug-likeness (QED) is 0.660. The molecule has 3 aromatic rings. The minimum absolute atomic E-state index is 0.0920. The molecule has 2 aromatic heterocycles. The fraction of sp³-hybridized carbons (Fsp3) is 0.286. The summed E-state index contributed by atoms with van der Waals surface area (Å²) in [5.41, 5.74) is 0.392. The number of likely N-dealkylation sites (tertiary alicyclic amines) is 1. The molecule has 29 heavy (non-hydrogen) atoms. The Hall–Kier alpha value is -3.00. The van der Waals surface area contributed by atoms with Crippen LogP contribution in [0.3, 0.4) is 0 Å². The number of hydrogen-bond acceptors (Lipinski definition) is 5. The van der Waals surface area contributed by atoms with E-state index in [2.05, 4.69) is 10.3 Å². The van der Waals surface area contributed by atoms with Crippen molar-refractivity contribution in [3.8, 4) is 11.3 Å². The number of nitrogens with zero attached hydrogens (tertiary/aromatic N) is 2. The fourth-order valence-corrected chi connectivity index (χ4v) is 4.04. The first-order chi connectivity index (χ1) is 14.1. The summed E-state index contributed by atoms with van der Waals surface area (Å²) in [6, 6.07) is 9.39. The van der Waals surface area contributed by atoms with Gasteiger partial charge >= 0.3 is 0 Å². The molecular formula is C21H20FN3O3S. The van der Waals surface area contributed by atoms with E-state index in [1.807, 2.05) is 0 Å². The van der Waals surface area contributed by atoms with Gasteiger partial charge in [0.05, 0.1) is 5.56 Å². The maximum atomic E-state index is 13.9. The van der Waals surface area contributed by atoms with Crippen molar-refractivity contribution in [1.82, 2.24) is 9.88 Å². The number of nitrogens with one attached hydrogen (secondary N) is 1. The molecule has 1 N–H and O–H groups in total. The van der Waals surface area contributed by atoms with Crippen molar-refractivity contribution in [2.75, 3.05) is 11.9 Å². The molecule has 6 nitrogen and oxygen atoms in total. The summed E-state index contributed by atoms with van der Waals surface area (Å²) < 4.78 is 19.6. The van der Waals surface area contributed by atoms with Gasteiger partial charge in [-0.05, 0) is 37.1 Å². The number of rotatable bonds is 6. The van der Waals surface area contributed by atoms with Gasteiger partial charge in [-0.3, -0.25) is 9.59 Å². The maximum absolute atomic E-state index is 13.9. The van der Waals surface area contributed by atoms with Gasteiger partial charge in [-0.2, -0.15) is 0 Å². The molecule has 1 aliphatic heterocycles. The topological polar surface area (TPSA) is 75.4 Å². The number of aryl methyl sites for hydroxylation is 1. The number of carbonyl (C=O) groups is 2. The minimum Gasteiger partial charge on any atom is -0.461 e. The van der Waals surface area contributed by atoms with E-state index in [-0.39, 0.29) is 24.1 Å².